The van der Waals surface area contributed by atoms with Crippen molar-refractivity contribution in [3.8, 4) is 5.75 Å². The molecular formula is C18H13N3O3. The second-order valence-corrected chi connectivity index (χ2v) is 5.38. The average Bonchev–Trinajstić information content (AvgIpc) is 2.61. The number of hydrogen-bond acceptors (Lipinski definition) is 4. The van der Waals surface area contributed by atoms with Crippen LogP contribution in [0, 0.1) is 0 Å². The molecule has 0 spiro atoms. The highest BCUT2D eigenvalue weighted by Crippen LogP contribution is 2.29. The van der Waals surface area contributed by atoms with E-state index in [9.17, 15) is 9.59 Å². The van der Waals surface area contributed by atoms with Crippen LogP contribution in [0.25, 0.3) is 10.9 Å². The monoisotopic (exact) mass is 319 g/mol. The van der Waals surface area contributed by atoms with E-state index >= 15 is 0 Å². The maximum Gasteiger partial charge on any atom is 0.262 e. The molecule has 2 amide bonds. The Kier molecular flexibility index (Phi) is 3.35. The fourth-order valence-electron chi connectivity index (χ4n) is 2.63. The Labute approximate surface area is 137 Å². The summed E-state index contributed by atoms with van der Waals surface area (Å²) in [6, 6.07) is 14.2. The number of anilines is 2. The van der Waals surface area contributed by atoms with Crippen LogP contribution in [0.1, 0.15) is 10.4 Å². The van der Waals surface area contributed by atoms with Gasteiger partial charge in [0.05, 0.1) is 16.9 Å². The molecule has 1 aliphatic heterocycles. The summed E-state index contributed by atoms with van der Waals surface area (Å²) in [5.41, 5.74) is 2.42. The van der Waals surface area contributed by atoms with Crippen molar-refractivity contribution in [1.82, 2.24) is 4.98 Å². The second-order valence-electron chi connectivity index (χ2n) is 5.38. The standard InChI is InChI=1S/C18H13N3O3/c22-17-10-24-16-7-6-11(9-15(16)20-17)18(23)21-14-5-1-4-13-12(14)3-2-8-19-13/h1-9H,10H2,(H,20,22)(H,21,23). The summed E-state index contributed by atoms with van der Waals surface area (Å²) in [5.74, 6) is 0.0506. The van der Waals surface area contributed by atoms with Crippen LogP contribution in [0.5, 0.6) is 5.75 Å². The summed E-state index contributed by atoms with van der Waals surface area (Å²) in [6.07, 6.45) is 1.71. The number of carbonyl (C=O) groups is 2. The molecule has 1 aliphatic rings. The van der Waals surface area contributed by atoms with E-state index < -0.39 is 0 Å². The van der Waals surface area contributed by atoms with E-state index in [1.54, 1.807) is 24.4 Å². The molecule has 6 heteroatoms. The third-order valence-corrected chi connectivity index (χ3v) is 3.77. The van der Waals surface area contributed by atoms with Gasteiger partial charge in [-0.05, 0) is 42.5 Å². The summed E-state index contributed by atoms with van der Waals surface area (Å²) >= 11 is 0. The number of rotatable bonds is 2. The normalized spacial score (nSPS) is 12.9. The predicted molar refractivity (Wildman–Crippen MR) is 90.3 cm³/mol. The largest absolute Gasteiger partial charge is 0.482 e. The van der Waals surface area contributed by atoms with Gasteiger partial charge in [-0.1, -0.05) is 6.07 Å². The first kappa shape index (κ1) is 14.2. The van der Waals surface area contributed by atoms with Gasteiger partial charge in [0.15, 0.2) is 6.61 Å². The number of fused-ring (bicyclic) bond motifs is 2. The quantitative estimate of drug-likeness (QED) is 0.761. The lowest BCUT2D eigenvalue weighted by atomic mass is 10.1. The van der Waals surface area contributed by atoms with Gasteiger partial charge in [-0.2, -0.15) is 0 Å². The molecule has 3 aromatic rings. The van der Waals surface area contributed by atoms with E-state index in [-0.39, 0.29) is 18.4 Å². The average molecular weight is 319 g/mol. The number of ether oxygens (including phenoxy) is 1. The number of nitrogens with one attached hydrogen (secondary N) is 2. The highest BCUT2D eigenvalue weighted by molar-refractivity contribution is 6.09. The number of nitrogens with zero attached hydrogens (tertiary/aromatic N) is 1. The lowest BCUT2D eigenvalue weighted by molar-refractivity contribution is -0.118. The van der Waals surface area contributed by atoms with Gasteiger partial charge in [-0.25, -0.2) is 0 Å². The van der Waals surface area contributed by atoms with Gasteiger partial charge in [-0.15, -0.1) is 0 Å². The maximum absolute atomic E-state index is 12.5. The SMILES string of the molecule is O=C1COc2ccc(C(=O)Nc3cccc4ncccc34)cc2N1. The van der Waals surface area contributed by atoms with Gasteiger partial charge in [0.1, 0.15) is 5.75 Å². The van der Waals surface area contributed by atoms with Crippen molar-refractivity contribution in [3.05, 3.63) is 60.3 Å². The Morgan fingerprint density at radius 3 is 3.00 bits per heavy atom. The minimum Gasteiger partial charge on any atom is -0.482 e. The highest BCUT2D eigenvalue weighted by atomic mass is 16.5. The molecule has 0 aliphatic carbocycles. The molecule has 2 heterocycles. The number of benzene rings is 2. The molecular weight excluding hydrogens is 306 g/mol. The molecule has 6 nitrogen and oxygen atoms in total. The van der Waals surface area contributed by atoms with Gasteiger partial charge in [-0.3, -0.25) is 14.6 Å². The smallest absolute Gasteiger partial charge is 0.262 e. The van der Waals surface area contributed by atoms with E-state index in [0.29, 0.717) is 22.7 Å². The van der Waals surface area contributed by atoms with Crippen molar-refractivity contribution in [3.63, 3.8) is 0 Å². The first-order valence-electron chi connectivity index (χ1n) is 7.42. The van der Waals surface area contributed by atoms with Crippen molar-refractivity contribution in [1.29, 1.82) is 0 Å². The Morgan fingerprint density at radius 2 is 2.08 bits per heavy atom. The fourth-order valence-corrected chi connectivity index (χ4v) is 2.63. The molecule has 1 aromatic heterocycles. The third kappa shape index (κ3) is 2.54. The Bertz CT molecular complexity index is 963. The van der Waals surface area contributed by atoms with E-state index in [4.69, 9.17) is 4.74 Å². The molecule has 0 saturated heterocycles. The van der Waals surface area contributed by atoms with Crippen molar-refractivity contribution in [2.45, 2.75) is 0 Å². The van der Waals surface area contributed by atoms with Crippen molar-refractivity contribution in [2.75, 3.05) is 17.2 Å². The number of amides is 2. The Balaban J connectivity index is 1.64. The third-order valence-electron chi connectivity index (χ3n) is 3.77. The van der Waals surface area contributed by atoms with Crippen LogP contribution in [0.3, 0.4) is 0 Å². The topological polar surface area (TPSA) is 80.3 Å². The first-order valence-corrected chi connectivity index (χ1v) is 7.42. The molecule has 24 heavy (non-hydrogen) atoms. The molecule has 4 rings (SSSR count). The summed E-state index contributed by atoms with van der Waals surface area (Å²) in [5, 5.41) is 6.45. The minimum atomic E-state index is -0.269. The minimum absolute atomic E-state index is 0.0124. The van der Waals surface area contributed by atoms with Gasteiger partial charge >= 0.3 is 0 Å². The molecule has 0 saturated carbocycles. The highest BCUT2D eigenvalue weighted by Gasteiger charge is 2.18. The lowest BCUT2D eigenvalue weighted by Crippen LogP contribution is -2.25. The summed E-state index contributed by atoms with van der Waals surface area (Å²) < 4.78 is 5.29. The van der Waals surface area contributed by atoms with Gasteiger partial charge in [0, 0.05) is 17.1 Å². The van der Waals surface area contributed by atoms with E-state index in [2.05, 4.69) is 15.6 Å². The fraction of sp³-hybridized carbons (Fsp3) is 0.0556. The zero-order valence-electron chi connectivity index (χ0n) is 12.6. The number of aromatic nitrogens is 1. The molecule has 2 aromatic carbocycles. The van der Waals surface area contributed by atoms with Crippen LogP contribution in [0.15, 0.2) is 54.7 Å². The Hall–Kier alpha value is -3.41. The lowest BCUT2D eigenvalue weighted by Gasteiger charge is -2.18. The van der Waals surface area contributed by atoms with Crippen LogP contribution in [0.2, 0.25) is 0 Å². The van der Waals surface area contributed by atoms with E-state index in [1.807, 2.05) is 30.3 Å². The Morgan fingerprint density at radius 1 is 1.17 bits per heavy atom. The summed E-state index contributed by atoms with van der Waals surface area (Å²) in [4.78, 5) is 28.2. The van der Waals surface area contributed by atoms with Crippen molar-refractivity contribution in [2.24, 2.45) is 0 Å². The van der Waals surface area contributed by atoms with Crippen LogP contribution < -0.4 is 15.4 Å². The van der Waals surface area contributed by atoms with Crippen molar-refractivity contribution < 1.29 is 14.3 Å². The zero-order chi connectivity index (χ0) is 16.5. The molecule has 2 N–H and O–H groups in total. The molecule has 0 radical (unpaired) electrons. The van der Waals surface area contributed by atoms with Gasteiger partial charge in [0.2, 0.25) is 0 Å². The van der Waals surface area contributed by atoms with Crippen LogP contribution in [-0.4, -0.2) is 23.4 Å². The first-order chi connectivity index (χ1) is 11.7. The van der Waals surface area contributed by atoms with Gasteiger partial charge in [0.25, 0.3) is 11.8 Å². The number of hydrogen-bond donors (Lipinski definition) is 2. The summed E-state index contributed by atoms with van der Waals surface area (Å²) in [6.45, 7) is -0.0124. The zero-order valence-corrected chi connectivity index (χ0v) is 12.6. The molecule has 0 bridgehead atoms. The number of pyridine rings is 1. The van der Waals surface area contributed by atoms with Crippen molar-refractivity contribution >= 4 is 34.1 Å². The maximum atomic E-state index is 12.5. The van der Waals surface area contributed by atoms with Crippen LogP contribution in [0.4, 0.5) is 11.4 Å². The van der Waals surface area contributed by atoms with Gasteiger partial charge < -0.3 is 15.4 Å². The van der Waals surface area contributed by atoms with Crippen LogP contribution in [-0.2, 0) is 4.79 Å². The molecule has 0 atom stereocenters. The molecule has 0 fully saturated rings. The number of carbonyl (C=O) groups excluding carboxylic acids is 2. The van der Waals surface area contributed by atoms with Crippen LogP contribution >= 0.6 is 0 Å². The molecule has 118 valence electrons. The van der Waals surface area contributed by atoms with E-state index in [1.165, 1.54) is 0 Å². The predicted octanol–water partition coefficient (Wildman–Crippen LogP) is 2.82. The summed E-state index contributed by atoms with van der Waals surface area (Å²) in [7, 11) is 0. The molecule has 0 unspecified atom stereocenters. The van der Waals surface area contributed by atoms with E-state index in [0.717, 1.165) is 10.9 Å². The second kappa shape index (κ2) is 5.66.